The van der Waals surface area contributed by atoms with Gasteiger partial charge in [-0.25, -0.2) is 4.39 Å². The van der Waals surface area contributed by atoms with Crippen molar-refractivity contribution in [1.82, 2.24) is 10.2 Å². The molecular formula is C15H19FN2O2. The molecule has 1 fully saturated rings. The molecular weight excluding hydrogens is 259 g/mol. The first-order valence-corrected chi connectivity index (χ1v) is 6.92. The van der Waals surface area contributed by atoms with Gasteiger partial charge >= 0.3 is 0 Å². The van der Waals surface area contributed by atoms with Gasteiger partial charge in [0, 0.05) is 31.6 Å². The third kappa shape index (κ3) is 3.42. The highest BCUT2D eigenvalue weighted by Crippen LogP contribution is 2.11. The van der Waals surface area contributed by atoms with Gasteiger partial charge in [-0.2, -0.15) is 0 Å². The van der Waals surface area contributed by atoms with Crippen molar-refractivity contribution in [2.45, 2.75) is 25.8 Å². The smallest absolute Gasteiger partial charge is 0.237 e. The highest BCUT2D eigenvalue weighted by atomic mass is 19.1. The van der Waals surface area contributed by atoms with Crippen molar-refractivity contribution in [3.63, 3.8) is 0 Å². The molecule has 1 aliphatic heterocycles. The summed E-state index contributed by atoms with van der Waals surface area (Å²) in [6.07, 6.45) is 1.08. The lowest BCUT2D eigenvalue weighted by Crippen LogP contribution is -2.55. The van der Waals surface area contributed by atoms with Gasteiger partial charge in [0.2, 0.25) is 5.91 Å². The SMILES string of the molecule is CCC1C(=O)NCCN1CCC(=O)c1ccc(F)cc1. The topological polar surface area (TPSA) is 49.4 Å². The number of carbonyl (C=O) groups excluding carboxylic acids is 2. The monoisotopic (exact) mass is 278 g/mol. The van der Waals surface area contributed by atoms with Gasteiger partial charge < -0.3 is 5.32 Å². The van der Waals surface area contributed by atoms with Gasteiger partial charge in [-0.15, -0.1) is 0 Å². The van der Waals surface area contributed by atoms with Crippen LogP contribution in [0, 0.1) is 5.82 Å². The molecule has 1 unspecified atom stereocenters. The fourth-order valence-corrected chi connectivity index (χ4v) is 2.50. The van der Waals surface area contributed by atoms with E-state index in [4.69, 9.17) is 0 Å². The normalized spacial score (nSPS) is 19.7. The number of halogens is 1. The summed E-state index contributed by atoms with van der Waals surface area (Å²) in [5, 5.41) is 2.83. The molecule has 1 aromatic rings. The van der Waals surface area contributed by atoms with E-state index in [1.165, 1.54) is 24.3 Å². The first-order valence-electron chi connectivity index (χ1n) is 6.92. The van der Waals surface area contributed by atoms with Crippen LogP contribution in [0.2, 0.25) is 0 Å². The first kappa shape index (κ1) is 14.7. The van der Waals surface area contributed by atoms with Crippen LogP contribution in [0.4, 0.5) is 4.39 Å². The molecule has 5 heteroatoms. The lowest BCUT2D eigenvalue weighted by molar-refractivity contribution is -0.129. The van der Waals surface area contributed by atoms with Gasteiger partial charge in [-0.3, -0.25) is 14.5 Å². The highest BCUT2D eigenvalue weighted by molar-refractivity contribution is 5.96. The number of piperazine rings is 1. The van der Waals surface area contributed by atoms with E-state index < -0.39 is 0 Å². The Morgan fingerprint density at radius 3 is 2.75 bits per heavy atom. The third-order valence-corrected chi connectivity index (χ3v) is 3.62. The quantitative estimate of drug-likeness (QED) is 0.832. The van der Waals surface area contributed by atoms with Crippen LogP contribution >= 0.6 is 0 Å². The van der Waals surface area contributed by atoms with Crippen LogP contribution in [0.3, 0.4) is 0 Å². The van der Waals surface area contributed by atoms with Crippen molar-refractivity contribution in [1.29, 1.82) is 0 Å². The Balaban J connectivity index is 1.92. The molecule has 0 bridgehead atoms. The summed E-state index contributed by atoms with van der Waals surface area (Å²) in [6, 6.07) is 5.42. The standard InChI is InChI=1S/C15H19FN2O2/c1-2-13-15(20)17-8-10-18(13)9-7-14(19)11-3-5-12(16)6-4-11/h3-6,13H,2,7-10H2,1H3,(H,17,20). The largest absolute Gasteiger partial charge is 0.353 e. The number of rotatable bonds is 5. The van der Waals surface area contributed by atoms with E-state index in [9.17, 15) is 14.0 Å². The second-order valence-electron chi connectivity index (χ2n) is 4.93. The molecule has 1 aliphatic rings. The number of benzene rings is 1. The number of ketones is 1. The zero-order valence-electron chi connectivity index (χ0n) is 11.6. The van der Waals surface area contributed by atoms with E-state index >= 15 is 0 Å². The van der Waals surface area contributed by atoms with Gasteiger partial charge in [0.15, 0.2) is 5.78 Å². The van der Waals surface area contributed by atoms with Crippen LogP contribution in [0.25, 0.3) is 0 Å². The van der Waals surface area contributed by atoms with Crippen LogP contribution < -0.4 is 5.32 Å². The van der Waals surface area contributed by atoms with E-state index in [-0.39, 0.29) is 23.5 Å². The number of Topliss-reactive ketones (excluding diaryl/α,β-unsaturated/α-hetero) is 1. The molecule has 1 atom stereocenters. The van der Waals surface area contributed by atoms with Crippen LogP contribution in [0.15, 0.2) is 24.3 Å². The molecule has 1 amide bonds. The second kappa shape index (κ2) is 6.61. The molecule has 1 heterocycles. The van der Waals surface area contributed by atoms with E-state index in [1.54, 1.807) is 0 Å². The van der Waals surface area contributed by atoms with Crippen LogP contribution in [0.1, 0.15) is 30.1 Å². The molecule has 0 aromatic heterocycles. The van der Waals surface area contributed by atoms with Crippen LogP contribution in [-0.4, -0.2) is 42.3 Å². The Morgan fingerprint density at radius 2 is 2.10 bits per heavy atom. The number of hydrogen-bond acceptors (Lipinski definition) is 3. The lowest BCUT2D eigenvalue weighted by Gasteiger charge is -2.34. The average molecular weight is 278 g/mol. The summed E-state index contributed by atoms with van der Waals surface area (Å²) >= 11 is 0. The zero-order chi connectivity index (χ0) is 14.5. The van der Waals surface area contributed by atoms with E-state index in [0.717, 1.165) is 13.0 Å². The molecule has 2 rings (SSSR count). The summed E-state index contributed by atoms with van der Waals surface area (Å²) in [4.78, 5) is 25.8. The van der Waals surface area contributed by atoms with Crippen molar-refractivity contribution in [3.8, 4) is 0 Å². The third-order valence-electron chi connectivity index (χ3n) is 3.62. The van der Waals surface area contributed by atoms with E-state index in [0.29, 0.717) is 25.1 Å². The van der Waals surface area contributed by atoms with Gasteiger partial charge in [-0.1, -0.05) is 6.92 Å². The van der Waals surface area contributed by atoms with Crippen LogP contribution in [0.5, 0.6) is 0 Å². The Labute approximate surface area is 118 Å². The van der Waals surface area contributed by atoms with Gasteiger partial charge in [0.1, 0.15) is 5.82 Å². The molecule has 1 N–H and O–H groups in total. The minimum atomic E-state index is -0.347. The minimum Gasteiger partial charge on any atom is -0.353 e. The van der Waals surface area contributed by atoms with Gasteiger partial charge in [-0.05, 0) is 30.7 Å². The fourth-order valence-electron chi connectivity index (χ4n) is 2.50. The van der Waals surface area contributed by atoms with Gasteiger partial charge in [0.05, 0.1) is 6.04 Å². The highest BCUT2D eigenvalue weighted by Gasteiger charge is 2.27. The number of hydrogen-bond donors (Lipinski definition) is 1. The maximum Gasteiger partial charge on any atom is 0.237 e. The molecule has 1 aromatic carbocycles. The fraction of sp³-hybridized carbons (Fsp3) is 0.467. The lowest BCUT2D eigenvalue weighted by atomic mass is 10.1. The summed E-state index contributed by atoms with van der Waals surface area (Å²) in [6.45, 7) is 3.91. The maximum absolute atomic E-state index is 12.8. The summed E-state index contributed by atoms with van der Waals surface area (Å²) in [7, 11) is 0. The maximum atomic E-state index is 12.8. The predicted octanol–water partition coefficient (Wildman–Crippen LogP) is 1.61. The molecule has 0 saturated carbocycles. The minimum absolute atomic E-state index is 0.0224. The number of nitrogens with zero attached hydrogens (tertiary/aromatic N) is 1. The average Bonchev–Trinajstić information content (AvgIpc) is 2.45. The van der Waals surface area contributed by atoms with Crippen molar-refractivity contribution >= 4 is 11.7 Å². The Bertz CT molecular complexity index is 487. The van der Waals surface area contributed by atoms with Gasteiger partial charge in [0.25, 0.3) is 0 Å². The van der Waals surface area contributed by atoms with Crippen molar-refractivity contribution in [3.05, 3.63) is 35.6 Å². The van der Waals surface area contributed by atoms with E-state index in [2.05, 4.69) is 5.32 Å². The molecule has 20 heavy (non-hydrogen) atoms. The Morgan fingerprint density at radius 1 is 1.40 bits per heavy atom. The second-order valence-corrected chi connectivity index (χ2v) is 4.93. The molecule has 0 radical (unpaired) electrons. The Kier molecular flexibility index (Phi) is 4.84. The molecule has 4 nitrogen and oxygen atoms in total. The molecule has 0 aliphatic carbocycles. The van der Waals surface area contributed by atoms with Crippen molar-refractivity contribution < 1.29 is 14.0 Å². The van der Waals surface area contributed by atoms with Crippen molar-refractivity contribution in [2.75, 3.05) is 19.6 Å². The summed E-state index contributed by atoms with van der Waals surface area (Å²) in [5.41, 5.74) is 0.515. The molecule has 0 spiro atoms. The Hall–Kier alpha value is -1.75. The molecule has 108 valence electrons. The predicted molar refractivity (Wildman–Crippen MR) is 74.0 cm³/mol. The van der Waals surface area contributed by atoms with E-state index in [1.807, 2.05) is 11.8 Å². The summed E-state index contributed by atoms with van der Waals surface area (Å²) < 4.78 is 12.8. The van der Waals surface area contributed by atoms with Crippen LogP contribution in [-0.2, 0) is 4.79 Å². The first-order chi connectivity index (χ1) is 9.61. The molecule has 1 saturated heterocycles. The van der Waals surface area contributed by atoms with Crippen molar-refractivity contribution in [2.24, 2.45) is 0 Å². The zero-order valence-corrected chi connectivity index (χ0v) is 11.6. The number of amides is 1. The number of carbonyl (C=O) groups is 2. The summed E-state index contributed by atoms with van der Waals surface area (Å²) in [5.74, 6) is -0.334. The number of nitrogens with one attached hydrogen (secondary N) is 1.